The third kappa shape index (κ3) is 2.81. The van der Waals surface area contributed by atoms with Crippen molar-refractivity contribution < 1.29 is 4.79 Å². The van der Waals surface area contributed by atoms with Gasteiger partial charge in [0.1, 0.15) is 0 Å². The number of rotatable bonds is 3. The minimum absolute atomic E-state index is 0.00230. The largest absolute Gasteiger partial charge is 0.328 e. The average molecular weight is 386 g/mol. The molecule has 5 rings (SSSR count). The molecule has 1 amide bonds. The number of aryl methyl sites for hydroxylation is 1. The van der Waals surface area contributed by atoms with Gasteiger partial charge in [0.05, 0.1) is 29.2 Å². The first-order valence-corrected chi connectivity index (χ1v) is 9.86. The number of pyridine rings is 1. The number of amides is 1. The van der Waals surface area contributed by atoms with Crippen molar-refractivity contribution in [2.45, 2.75) is 32.7 Å². The Kier molecular flexibility index (Phi) is 4.16. The van der Waals surface area contributed by atoms with E-state index in [0.29, 0.717) is 12.1 Å². The first-order chi connectivity index (χ1) is 14.1. The van der Waals surface area contributed by atoms with E-state index in [0.717, 1.165) is 41.3 Å². The van der Waals surface area contributed by atoms with Gasteiger partial charge in [-0.15, -0.1) is 10.2 Å². The van der Waals surface area contributed by atoms with Crippen LogP contribution in [-0.4, -0.2) is 41.7 Å². The van der Waals surface area contributed by atoms with Crippen molar-refractivity contribution in [2.24, 2.45) is 0 Å². The molecule has 0 N–H and O–H groups in total. The van der Waals surface area contributed by atoms with Crippen LogP contribution in [0.5, 0.6) is 0 Å². The summed E-state index contributed by atoms with van der Waals surface area (Å²) in [4.78, 5) is 15.4. The summed E-state index contributed by atoms with van der Waals surface area (Å²) in [5, 5.41) is 13.2. The molecule has 3 aromatic heterocycles. The lowest BCUT2D eigenvalue weighted by Gasteiger charge is -2.23. The maximum atomic E-state index is 13.5. The number of likely N-dealkylation sites (tertiary alicyclic amines) is 1. The molecule has 0 spiro atoms. The molecule has 7 nitrogen and oxygen atoms in total. The van der Waals surface area contributed by atoms with Crippen LogP contribution in [0.4, 0.5) is 0 Å². The Morgan fingerprint density at radius 2 is 1.90 bits per heavy atom. The number of nitrogens with zero attached hydrogens (tertiary/aromatic N) is 6. The normalized spacial score (nSPS) is 16.6. The zero-order chi connectivity index (χ0) is 20.0. The Morgan fingerprint density at radius 1 is 1.07 bits per heavy atom. The minimum Gasteiger partial charge on any atom is -0.328 e. The summed E-state index contributed by atoms with van der Waals surface area (Å²) < 4.78 is 3.82. The molecular formula is C22H22N6O. The van der Waals surface area contributed by atoms with Crippen molar-refractivity contribution in [1.29, 1.82) is 0 Å². The Bertz CT molecular complexity index is 1210. The first kappa shape index (κ1) is 17.6. The molecule has 146 valence electrons. The summed E-state index contributed by atoms with van der Waals surface area (Å²) in [6.07, 6.45) is 5.46. The molecule has 0 aliphatic carbocycles. The average Bonchev–Trinajstić information content (AvgIpc) is 3.45. The van der Waals surface area contributed by atoms with Crippen LogP contribution < -0.4 is 0 Å². The number of benzene rings is 1. The van der Waals surface area contributed by atoms with Gasteiger partial charge in [0, 0.05) is 12.7 Å². The number of hydrogen-bond acceptors (Lipinski definition) is 4. The van der Waals surface area contributed by atoms with Crippen LogP contribution in [0.15, 0.2) is 54.9 Å². The second-order valence-electron chi connectivity index (χ2n) is 7.49. The van der Waals surface area contributed by atoms with Crippen LogP contribution in [0.1, 0.15) is 46.3 Å². The van der Waals surface area contributed by atoms with Gasteiger partial charge in [-0.2, -0.15) is 5.10 Å². The Hall–Kier alpha value is -3.48. The van der Waals surface area contributed by atoms with E-state index in [1.807, 2.05) is 76.5 Å². The van der Waals surface area contributed by atoms with E-state index in [1.165, 1.54) is 0 Å². The summed E-state index contributed by atoms with van der Waals surface area (Å²) >= 11 is 0. The summed E-state index contributed by atoms with van der Waals surface area (Å²) in [5.74, 6) is 0.813. The number of hydrogen-bond donors (Lipinski definition) is 0. The van der Waals surface area contributed by atoms with E-state index in [2.05, 4.69) is 15.3 Å². The predicted molar refractivity (Wildman–Crippen MR) is 109 cm³/mol. The lowest BCUT2D eigenvalue weighted by atomic mass is 10.1. The molecule has 4 aromatic rings. The van der Waals surface area contributed by atoms with E-state index < -0.39 is 0 Å². The molecule has 0 saturated carbocycles. The molecule has 4 heterocycles. The fourth-order valence-corrected chi connectivity index (χ4v) is 4.18. The zero-order valence-electron chi connectivity index (χ0n) is 16.5. The number of carbonyl (C=O) groups excluding carboxylic acids is 1. The fraction of sp³-hybridized carbons (Fsp3) is 0.273. The van der Waals surface area contributed by atoms with Crippen LogP contribution >= 0.6 is 0 Å². The molecule has 0 unspecified atom stereocenters. The van der Waals surface area contributed by atoms with E-state index >= 15 is 0 Å². The fourth-order valence-electron chi connectivity index (χ4n) is 4.18. The predicted octanol–water partition coefficient (Wildman–Crippen LogP) is 3.51. The molecule has 1 aliphatic rings. The third-order valence-corrected chi connectivity index (χ3v) is 5.74. The molecule has 1 saturated heterocycles. The summed E-state index contributed by atoms with van der Waals surface area (Å²) in [5.41, 5.74) is 4.39. The molecule has 29 heavy (non-hydrogen) atoms. The molecule has 1 atom stereocenters. The SMILES string of the molecule is Cc1ccccc1-n1ncc(C(=O)N2CCC[C@@H]2c2nnc3ccccn23)c1C. The van der Waals surface area contributed by atoms with Crippen LogP contribution in [0.3, 0.4) is 0 Å². The minimum atomic E-state index is -0.0823. The summed E-state index contributed by atoms with van der Waals surface area (Å²) in [7, 11) is 0. The highest BCUT2D eigenvalue weighted by atomic mass is 16.2. The van der Waals surface area contributed by atoms with Gasteiger partial charge in [-0.05, 0) is 50.5 Å². The van der Waals surface area contributed by atoms with Gasteiger partial charge in [-0.1, -0.05) is 24.3 Å². The molecular weight excluding hydrogens is 364 g/mol. The first-order valence-electron chi connectivity index (χ1n) is 9.86. The van der Waals surface area contributed by atoms with Crippen molar-refractivity contribution >= 4 is 11.6 Å². The number of aromatic nitrogens is 5. The highest BCUT2D eigenvalue weighted by molar-refractivity contribution is 5.95. The van der Waals surface area contributed by atoms with E-state index in [-0.39, 0.29) is 11.9 Å². The standard InChI is InChI=1S/C22H22N6O/c1-15-8-3-4-9-18(15)28-16(2)17(14-23-28)22(29)26-13-7-10-19(26)21-25-24-20-11-5-6-12-27(20)21/h3-6,8-9,11-12,14,19H,7,10,13H2,1-2H3/t19-/m1/s1. The van der Waals surface area contributed by atoms with Crippen molar-refractivity contribution in [3.63, 3.8) is 0 Å². The smallest absolute Gasteiger partial charge is 0.257 e. The van der Waals surface area contributed by atoms with Crippen LogP contribution in [0.25, 0.3) is 11.3 Å². The van der Waals surface area contributed by atoms with Crippen LogP contribution in [0.2, 0.25) is 0 Å². The monoisotopic (exact) mass is 386 g/mol. The van der Waals surface area contributed by atoms with Crippen LogP contribution in [-0.2, 0) is 0 Å². The van der Waals surface area contributed by atoms with Crippen molar-refractivity contribution in [3.8, 4) is 5.69 Å². The van der Waals surface area contributed by atoms with Gasteiger partial charge in [0.25, 0.3) is 5.91 Å². The van der Waals surface area contributed by atoms with Gasteiger partial charge < -0.3 is 4.90 Å². The molecule has 7 heteroatoms. The Balaban J connectivity index is 1.50. The lowest BCUT2D eigenvalue weighted by Crippen LogP contribution is -2.31. The highest BCUT2D eigenvalue weighted by Gasteiger charge is 2.35. The lowest BCUT2D eigenvalue weighted by molar-refractivity contribution is 0.0728. The molecule has 1 fully saturated rings. The third-order valence-electron chi connectivity index (χ3n) is 5.74. The van der Waals surface area contributed by atoms with Crippen LogP contribution in [0, 0.1) is 13.8 Å². The quantitative estimate of drug-likeness (QED) is 0.540. The summed E-state index contributed by atoms with van der Waals surface area (Å²) in [6, 6.07) is 13.8. The molecule has 1 aliphatic heterocycles. The molecule has 1 aromatic carbocycles. The Labute approximate surface area is 168 Å². The number of carbonyl (C=O) groups is 1. The van der Waals surface area contributed by atoms with E-state index in [4.69, 9.17) is 0 Å². The summed E-state index contributed by atoms with van der Waals surface area (Å²) in [6.45, 7) is 4.70. The van der Waals surface area contributed by atoms with Crippen molar-refractivity contribution in [1.82, 2.24) is 29.3 Å². The molecule has 0 radical (unpaired) electrons. The van der Waals surface area contributed by atoms with Crippen molar-refractivity contribution in [3.05, 3.63) is 77.5 Å². The maximum Gasteiger partial charge on any atom is 0.257 e. The second kappa shape index (κ2) is 6.84. The molecule has 0 bridgehead atoms. The number of para-hydroxylation sites is 1. The van der Waals surface area contributed by atoms with Gasteiger partial charge in [0.15, 0.2) is 11.5 Å². The van der Waals surface area contributed by atoms with E-state index in [1.54, 1.807) is 6.20 Å². The Morgan fingerprint density at radius 3 is 2.76 bits per heavy atom. The van der Waals surface area contributed by atoms with Gasteiger partial charge in [0.2, 0.25) is 0 Å². The topological polar surface area (TPSA) is 68.3 Å². The highest BCUT2D eigenvalue weighted by Crippen LogP contribution is 2.33. The van der Waals surface area contributed by atoms with Gasteiger partial charge in [-0.25, -0.2) is 4.68 Å². The van der Waals surface area contributed by atoms with Gasteiger partial charge in [-0.3, -0.25) is 9.20 Å². The second-order valence-corrected chi connectivity index (χ2v) is 7.49. The van der Waals surface area contributed by atoms with Crippen molar-refractivity contribution in [2.75, 3.05) is 6.54 Å². The number of fused-ring (bicyclic) bond motifs is 1. The van der Waals surface area contributed by atoms with E-state index in [9.17, 15) is 4.79 Å². The maximum absolute atomic E-state index is 13.5. The zero-order valence-corrected chi connectivity index (χ0v) is 16.5. The van der Waals surface area contributed by atoms with Gasteiger partial charge >= 0.3 is 0 Å².